The molecule has 12 heavy (non-hydrogen) atoms. The molecule has 0 aromatic carbocycles. The van der Waals surface area contributed by atoms with Gasteiger partial charge in [0, 0.05) is 19.5 Å². The summed E-state index contributed by atoms with van der Waals surface area (Å²) < 4.78 is 0. The highest BCUT2D eigenvalue weighted by atomic mass is 15.3. The van der Waals surface area contributed by atoms with Gasteiger partial charge in [-0.15, -0.1) is 0 Å². The molecule has 2 rings (SSSR count). The minimum Gasteiger partial charge on any atom is -0.310 e. The third kappa shape index (κ3) is 1.32. The van der Waals surface area contributed by atoms with E-state index < -0.39 is 0 Å². The van der Waals surface area contributed by atoms with Crippen molar-refractivity contribution in [3.63, 3.8) is 0 Å². The van der Waals surface area contributed by atoms with Gasteiger partial charge in [-0.2, -0.15) is 0 Å². The molecule has 2 N–H and O–H groups in total. The van der Waals surface area contributed by atoms with Gasteiger partial charge < -0.3 is 5.73 Å². The summed E-state index contributed by atoms with van der Waals surface area (Å²) in [4.78, 5) is 2.38. The van der Waals surface area contributed by atoms with Gasteiger partial charge in [0.1, 0.15) is 0 Å². The maximum absolute atomic E-state index is 6.25. The first-order valence-electron chi connectivity index (χ1n) is 4.70. The van der Waals surface area contributed by atoms with Crippen LogP contribution in [0.25, 0.3) is 0 Å². The number of hydrogen-bond acceptors (Lipinski definition) is 2. The van der Waals surface area contributed by atoms with E-state index in [9.17, 15) is 0 Å². The van der Waals surface area contributed by atoms with E-state index >= 15 is 0 Å². The minimum atomic E-state index is -0.175. The maximum atomic E-state index is 6.25. The normalized spacial score (nSPS) is 36.1. The second-order valence-electron chi connectivity index (χ2n) is 3.68. The number of rotatable bonds is 1. The Balaban J connectivity index is 2.09. The molecule has 1 aliphatic carbocycles. The zero-order valence-corrected chi connectivity index (χ0v) is 7.37. The van der Waals surface area contributed by atoms with E-state index in [0.717, 1.165) is 19.5 Å². The van der Waals surface area contributed by atoms with Crippen molar-refractivity contribution in [3.8, 4) is 0 Å². The van der Waals surface area contributed by atoms with E-state index in [0.29, 0.717) is 0 Å². The Hall–Kier alpha value is -0.600. The number of nitrogens with zero attached hydrogens (tertiary/aromatic N) is 1. The minimum absolute atomic E-state index is 0.175. The highest BCUT2D eigenvalue weighted by Gasteiger charge is 2.31. The third-order valence-electron chi connectivity index (χ3n) is 2.77. The molecule has 2 heteroatoms. The maximum Gasteiger partial charge on any atom is 0.0917 e. The van der Waals surface area contributed by atoms with Crippen LogP contribution in [0.5, 0.6) is 0 Å². The largest absolute Gasteiger partial charge is 0.310 e. The highest BCUT2D eigenvalue weighted by Crippen LogP contribution is 2.23. The van der Waals surface area contributed by atoms with Crippen molar-refractivity contribution < 1.29 is 0 Å². The molecule has 1 fully saturated rings. The predicted octanol–water partition coefficient (Wildman–Crippen LogP) is 1.25. The number of nitrogens with two attached hydrogens (primary N) is 1. The van der Waals surface area contributed by atoms with Gasteiger partial charge in [-0.25, -0.2) is 0 Å². The van der Waals surface area contributed by atoms with Crippen LogP contribution < -0.4 is 5.73 Å². The molecule has 0 radical (unpaired) electrons. The Kier molecular flexibility index (Phi) is 2.03. The van der Waals surface area contributed by atoms with E-state index in [4.69, 9.17) is 5.73 Å². The van der Waals surface area contributed by atoms with Gasteiger partial charge in [0.25, 0.3) is 0 Å². The lowest BCUT2D eigenvalue weighted by Crippen LogP contribution is -2.53. The monoisotopic (exact) mass is 164 g/mol. The molecule has 0 aromatic rings. The fourth-order valence-corrected chi connectivity index (χ4v) is 1.99. The van der Waals surface area contributed by atoms with Crippen LogP contribution in [0.1, 0.15) is 19.3 Å². The van der Waals surface area contributed by atoms with Gasteiger partial charge in [-0.05, 0) is 18.9 Å². The van der Waals surface area contributed by atoms with E-state index in [2.05, 4.69) is 29.2 Å². The fraction of sp³-hybridized carbons (Fsp3) is 0.600. The van der Waals surface area contributed by atoms with E-state index in [1.54, 1.807) is 0 Å². The Labute approximate surface area is 73.7 Å². The van der Waals surface area contributed by atoms with Crippen molar-refractivity contribution in [2.75, 3.05) is 13.1 Å². The van der Waals surface area contributed by atoms with Crippen LogP contribution in [0.2, 0.25) is 0 Å². The lowest BCUT2D eigenvalue weighted by atomic mass is 10.0. The summed E-state index contributed by atoms with van der Waals surface area (Å²) in [6.45, 7) is 2.32. The summed E-state index contributed by atoms with van der Waals surface area (Å²) >= 11 is 0. The van der Waals surface area contributed by atoms with Crippen molar-refractivity contribution in [1.82, 2.24) is 4.90 Å². The summed E-state index contributed by atoms with van der Waals surface area (Å²) in [5, 5.41) is 0. The van der Waals surface area contributed by atoms with Crippen molar-refractivity contribution in [1.29, 1.82) is 0 Å². The molecule has 1 aliphatic heterocycles. The zero-order valence-electron chi connectivity index (χ0n) is 7.37. The van der Waals surface area contributed by atoms with Crippen LogP contribution in [0, 0.1) is 0 Å². The van der Waals surface area contributed by atoms with E-state index in [1.807, 2.05) is 0 Å². The smallest absolute Gasteiger partial charge is 0.0917 e. The summed E-state index contributed by atoms with van der Waals surface area (Å²) in [6, 6.07) is 0. The summed E-state index contributed by atoms with van der Waals surface area (Å²) in [6.07, 6.45) is 12.0. The second kappa shape index (κ2) is 3.04. The van der Waals surface area contributed by atoms with Crippen LogP contribution in [0.3, 0.4) is 0 Å². The van der Waals surface area contributed by atoms with Gasteiger partial charge in [0.05, 0.1) is 5.66 Å². The van der Waals surface area contributed by atoms with Crippen LogP contribution >= 0.6 is 0 Å². The molecule has 0 saturated carbocycles. The number of allylic oxidation sites excluding steroid dienone is 2. The molecule has 66 valence electrons. The molecular formula is C10H16N2. The SMILES string of the molecule is NC1(N2CCCC2)C=CC=CC1. The van der Waals surface area contributed by atoms with Gasteiger partial charge in [0.15, 0.2) is 0 Å². The second-order valence-corrected chi connectivity index (χ2v) is 3.68. The molecule has 1 heterocycles. The lowest BCUT2D eigenvalue weighted by molar-refractivity contribution is 0.173. The van der Waals surface area contributed by atoms with Gasteiger partial charge in [-0.1, -0.05) is 18.2 Å². The average molecular weight is 164 g/mol. The van der Waals surface area contributed by atoms with Crippen LogP contribution in [0.4, 0.5) is 0 Å². The molecule has 0 aromatic heterocycles. The standard InChI is InChI=1S/C10H16N2/c11-10(6-2-1-3-7-10)12-8-4-5-9-12/h1-3,6H,4-5,7-9,11H2. The third-order valence-corrected chi connectivity index (χ3v) is 2.77. The summed E-state index contributed by atoms with van der Waals surface area (Å²) in [5.41, 5.74) is 6.08. The number of hydrogen-bond donors (Lipinski definition) is 1. The predicted molar refractivity (Wildman–Crippen MR) is 50.6 cm³/mol. The van der Waals surface area contributed by atoms with Gasteiger partial charge in [0.2, 0.25) is 0 Å². The molecule has 1 atom stereocenters. The molecule has 0 amide bonds. The molecule has 1 unspecified atom stereocenters. The first-order chi connectivity index (χ1) is 5.81. The molecule has 2 nitrogen and oxygen atoms in total. The summed E-state index contributed by atoms with van der Waals surface area (Å²) in [5.74, 6) is 0. The topological polar surface area (TPSA) is 29.3 Å². The Morgan fingerprint density at radius 1 is 1.17 bits per heavy atom. The molecular weight excluding hydrogens is 148 g/mol. The van der Waals surface area contributed by atoms with Crippen molar-refractivity contribution >= 4 is 0 Å². The van der Waals surface area contributed by atoms with Crippen LogP contribution in [-0.2, 0) is 0 Å². The molecule has 1 saturated heterocycles. The van der Waals surface area contributed by atoms with E-state index in [-0.39, 0.29) is 5.66 Å². The molecule has 2 aliphatic rings. The van der Waals surface area contributed by atoms with Crippen LogP contribution in [0.15, 0.2) is 24.3 Å². The van der Waals surface area contributed by atoms with Gasteiger partial charge in [-0.3, -0.25) is 4.90 Å². The quantitative estimate of drug-likeness (QED) is 0.632. The lowest BCUT2D eigenvalue weighted by Gasteiger charge is -2.36. The Bertz CT molecular complexity index is 214. The molecule has 0 spiro atoms. The first-order valence-corrected chi connectivity index (χ1v) is 4.70. The van der Waals surface area contributed by atoms with Crippen molar-refractivity contribution in [2.24, 2.45) is 5.73 Å². The Morgan fingerprint density at radius 3 is 2.50 bits per heavy atom. The fourth-order valence-electron chi connectivity index (χ4n) is 1.99. The molecule has 0 bridgehead atoms. The van der Waals surface area contributed by atoms with Gasteiger partial charge >= 0.3 is 0 Å². The van der Waals surface area contributed by atoms with Crippen molar-refractivity contribution in [2.45, 2.75) is 24.9 Å². The number of likely N-dealkylation sites (tertiary alicyclic amines) is 1. The summed E-state index contributed by atoms with van der Waals surface area (Å²) in [7, 11) is 0. The Morgan fingerprint density at radius 2 is 1.92 bits per heavy atom. The van der Waals surface area contributed by atoms with Crippen molar-refractivity contribution in [3.05, 3.63) is 24.3 Å². The van der Waals surface area contributed by atoms with E-state index in [1.165, 1.54) is 12.8 Å². The van der Waals surface area contributed by atoms with Crippen LogP contribution in [-0.4, -0.2) is 23.7 Å². The highest BCUT2D eigenvalue weighted by molar-refractivity contribution is 5.19. The average Bonchev–Trinajstić information content (AvgIpc) is 2.58. The first kappa shape index (κ1) is 8.02. The zero-order chi connectivity index (χ0) is 8.44.